The highest BCUT2D eigenvalue weighted by atomic mass is 16.4. The Morgan fingerprint density at radius 2 is 1.09 bits per heavy atom. The monoisotopic (exact) mass is 467 g/mol. The van der Waals surface area contributed by atoms with Gasteiger partial charge in [0.2, 0.25) is 5.91 Å². The number of carbonyl (C=O) groups is 2. The largest absolute Gasteiger partial charge is 0.480 e. The standard InChI is InChI=1S/C28H53NO4/c1-3-4-5-6-7-8-9-10-11-12-13-14-15-16-17-18-19-20-21-22-23-24-26(31)29-27(25(2)30)28(32)33/h10-11,25,27,30H,3-9,12-24H2,1-2H3,(H,29,31)(H,32,33)/b11-10-. The fourth-order valence-electron chi connectivity index (χ4n) is 4.05. The van der Waals surface area contributed by atoms with Crippen LogP contribution in [0.15, 0.2) is 12.2 Å². The molecule has 3 N–H and O–H groups in total. The second kappa shape index (κ2) is 23.8. The summed E-state index contributed by atoms with van der Waals surface area (Å²) < 4.78 is 0. The number of carboxylic acids is 1. The fraction of sp³-hybridized carbons (Fsp3) is 0.857. The van der Waals surface area contributed by atoms with Crippen molar-refractivity contribution >= 4 is 11.9 Å². The molecule has 0 fully saturated rings. The summed E-state index contributed by atoms with van der Waals surface area (Å²) in [6.07, 6.45) is 28.1. The number of hydrogen-bond acceptors (Lipinski definition) is 3. The lowest BCUT2D eigenvalue weighted by Crippen LogP contribution is -2.47. The Balaban J connectivity index is 3.32. The van der Waals surface area contributed by atoms with Crippen molar-refractivity contribution in [2.24, 2.45) is 0 Å². The zero-order chi connectivity index (χ0) is 24.6. The van der Waals surface area contributed by atoms with Crippen molar-refractivity contribution in [1.82, 2.24) is 5.32 Å². The van der Waals surface area contributed by atoms with E-state index >= 15 is 0 Å². The van der Waals surface area contributed by atoms with Gasteiger partial charge in [0.25, 0.3) is 0 Å². The number of nitrogens with one attached hydrogen (secondary N) is 1. The Morgan fingerprint density at radius 1 is 0.697 bits per heavy atom. The maximum Gasteiger partial charge on any atom is 0.328 e. The van der Waals surface area contributed by atoms with E-state index in [4.69, 9.17) is 5.11 Å². The maximum atomic E-state index is 11.8. The van der Waals surface area contributed by atoms with Gasteiger partial charge in [-0.2, -0.15) is 0 Å². The molecule has 194 valence electrons. The average molecular weight is 468 g/mol. The van der Waals surface area contributed by atoms with Crippen LogP contribution in [0.25, 0.3) is 0 Å². The number of aliphatic hydroxyl groups excluding tert-OH is 1. The van der Waals surface area contributed by atoms with Crippen LogP contribution in [0.2, 0.25) is 0 Å². The van der Waals surface area contributed by atoms with E-state index in [1.807, 2.05) is 0 Å². The molecular formula is C28H53NO4. The van der Waals surface area contributed by atoms with Gasteiger partial charge in [-0.15, -0.1) is 0 Å². The molecule has 0 aromatic carbocycles. The number of aliphatic hydroxyl groups is 1. The number of carboxylic acid groups (broad SMARTS) is 1. The van der Waals surface area contributed by atoms with Gasteiger partial charge in [-0.25, -0.2) is 4.79 Å². The molecule has 0 aliphatic heterocycles. The van der Waals surface area contributed by atoms with Crippen LogP contribution in [-0.2, 0) is 9.59 Å². The molecule has 2 atom stereocenters. The van der Waals surface area contributed by atoms with Crippen LogP contribution in [0.4, 0.5) is 0 Å². The van der Waals surface area contributed by atoms with Crippen molar-refractivity contribution in [3.8, 4) is 0 Å². The molecule has 0 aromatic heterocycles. The molecule has 0 bridgehead atoms. The van der Waals surface area contributed by atoms with Gasteiger partial charge in [0.05, 0.1) is 6.10 Å². The molecule has 5 heteroatoms. The molecule has 0 saturated heterocycles. The zero-order valence-electron chi connectivity index (χ0n) is 21.7. The highest BCUT2D eigenvalue weighted by Gasteiger charge is 2.24. The Bertz CT molecular complexity index is 490. The van der Waals surface area contributed by atoms with E-state index in [1.54, 1.807) is 0 Å². The third kappa shape index (κ3) is 22.2. The van der Waals surface area contributed by atoms with Crippen molar-refractivity contribution in [2.75, 3.05) is 0 Å². The molecular weight excluding hydrogens is 414 g/mol. The lowest BCUT2D eigenvalue weighted by Gasteiger charge is -2.16. The van der Waals surface area contributed by atoms with Crippen LogP contribution in [0, 0.1) is 0 Å². The third-order valence-corrected chi connectivity index (χ3v) is 6.23. The summed E-state index contributed by atoms with van der Waals surface area (Å²) in [6.45, 7) is 3.64. The lowest BCUT2D eigenvalue weighted by atomic mass is 10.0. The van der Waals surface area contributed by atoms with E-state index in [1.165, 1.54) is 110 Å². The van der Waals surface area contributed by atoms with Crippen molar-refractivity contribution in [3.05, 3.63) is 12.2 Å². The number of allylic oxidation sites excluding steroid dienone is 2. The van der Waals surface area contributed by atoms with Crippen molar-refractivity contribution < 1.29 is 19.8 Å². The van der Waals surface area contributed by atoms with Crippen LogP contribution in [0.3, 0.4) is 0 Å². The molecule has 2 unspecified atom stereocenters. The fourth-order valence-corrected chi connectivity index (χ4v) is 4.05. The molecule has 0 aliphatic carbocycles. The van der Waals surface area contributed by atoms with E-state index in [2.05, 4.69) is 24.4 Å². The first-order valence-corrected chi connectivity index (χ1v) is 13.8. The average Bonchev–Trinajstić information content (AvgIpc) is 2.78. The minimum absolute atomic E-state index is 0.295. The van der Waals surface area contributed by atoms with Crippen LogP contribution < -0.4 is 5.32 Å². The second-order valence-corrected chi connectivity index (χ2v) is 9.58. The Kier molecular flexibility index (Phi) is 22.8. The molecule has 0 heterocycles. The first-order valence-electron chi connectivity index (χ1n) is 13.8. The predicted molar refractivity (Wildman–Crippen MR) is 138 cm³/mol. The first-order chi connectivity index (χ1) is 16.0. The molecule has 5 nitrogen and oxygen atoms in total. The topological polar surface area (TPSA) is 86.6 Å². The van der Waals surface area contributed by atoms with Crippen molar-refractivity contribution in [1.29, 1.82) is 0 Å². The van der Waals surface area contributed by atoms with E-state index in [0.717, 1.165) is 19.3 Å². The molecule has 0 aliphatic rings. The summed E-state index contributed by atoms with van der Waals surface area (Å²) in [5, 5.41) is 20.7. The van der Waals surface area contributed by atoms with Crippen LogP contribution >= 0.6 is 0 Å². The van der Waals surface area contributed by atoms with E-state index < -0.39 is 18.1 Å². The Labute approximate surface area is 203 Å². The summed E-state index contributed by atoms with van der Waals surface area (Å²) in [6, 6.07) is -1.22. The summed E-state index contributed by atoms with van der Waals surface area (Å²) >= 11 is 0. The van der Waals surface area contributed by atoms with Crippen LogP contribution in [0.1, 0.15) is 142 Å². The Morgan fingerprint density at radius 3 is 1.48 bits per heavy atom. The molecule has 0 radical (unpaired) electrons. The number of carbonyl (C=O) groups excluding carboxylic acids is 1. The van der Waals surface area contributed by atoms with Gasteiger partial charge in [0.1, 0.15) is 0 Å². The van der Waals surface area contributed by atoms with Gasteiger partial charge in [0, 0.05) is 6.42 Å². The first kappa shape index (κ1) is 31.6. The molecule has 0 rings (SSSR count). The van der Waals surface area contributed by atoms with Gasteiger partial charge in [-0.05, 0) is 39.0 Å². The smallest absolute Gasteiger partial charge is 0.328 e. The van der Waals surface area contributed by atoms with Crippen LogP contribution in [-0.4, -0.2) is 34.2 Å². The van der Waals surface area contributed by atoms with Crippen molar-refractivity contribution in [3.63, 3.8) is 0 Å². The number of amides is 1. The SMILES string of the molecule is CCCCCCCC/C=C\CCCCCCCCCCCCCC(=O)NC(C(=O)O)C(C)O. The lowest BCUT2D eigenvalue weighted by molar-refractivity contribution is -0.144. The summed E-state index contributed by atoms with van der Waals surface area (Å²) in [5.74, 6) is -1.49. The number of rotatable bonds is 24. The highest BCUT2D eigenvalue weighted by molar-refractivity contribution is 5.83. The number of aliphatic carboxylic acids is 1. The summed E-state index contributed by atoms with van der Waals surface area (Å²) in [5.41, 5.74) is 0. The highest BCUT2D eigenvalue weighted by Crippen LogP contribution is 2.13. The van der Waals surface area contributed by atoms with Crippen LogP contribution in [0.5, 0.6) is 0 Å². The van der Waals surface area contributed by atoms with Gasteiger partial charge < -0.3 is 15.5 Å². The number of hydrogen-bond donors (Lipinski definition) is 3. The molecule has 0 saturated carbocycles. The minimum Gasteiger partial charge on any atom is -0.480 e. The quantitative estimate of drug-likeness (QED) is 0.103. The van der Waals surface area contributed by atoms with Crippen molar-refractivity contribution in [2.45, 2.75) is 154 Å². The third-order valence-electron chi connectivity index (χ3n) is 6.23. The zero-order valence-corrected chi connectivity index (χ0v) is 21.7. The van der Waals surface area contributed by atoms with E-state index in [0.29, 0.717) is 6.42 Å². The minimum atomic E-state index is -1.22. The predicted octanol–water partition coefficient (Wildman–Crippen LogP) is 7.31. The molecule has 0 aromatic rings. The summed E-state index contributed by atoms with van der Waals surface area (Å²) in [7, 11) is 0. The van der Waals surface area contributed by atoms with Gasteiger partial charge in [-0.3, -0.25) is 4.79 Å². The molecule has 0 spiro atoms. The van der Waals surface area contributed by atoms with Gasteiger partial charge in [0.15, 0.2) is 6.04 Å². The Hall–Kier alpha value is -1.36. The van der Waals surface area contributed by atoms with E-state index in [9.17, 15) is 14.7 Å². The van der Waals surface area contributed by atoms with E-state index in [-0.39, 0.29) is 5.91 Å². The molecule has 1 amide bonds. The van der Waals surface area contributed by atoms with Gasteiger partial charge >= 0.3 is 5.97 Å². The maximum absolute atomic E-state index is 11.8. The normalized spacial score (nSPS) is 13.3. The van der Waals surface area contributed by atoms with Gasteiger partial charge in [-0.1, -0.05) is 109 Å². The molecule has 33 heavy (non-hydrogen) atoms. The number of unbranched alkanes of at least 4 members (excludes halogenated alkanes) is 17. The second-order valence-electron chi connectivity index (χ2n) is 9.58. The summed E-state index contributed by atoms with van der Waals surface area (Å²) in [4.78, 5) is 22.7.